The summed E-state index contributed by atoms with van der Waals surface area (Å²) in [7, 11) is -3.68. The molecule has 1 N–H and O–H groups in total. The second-order valence-electron chi connectivity index (χ2n) is 3.79. The third-order valence-corrected chi connectivity index (χ3v) is 3.81. The monoisotopic (exact) mass is 256 g/mol. The van der Waals surface area contributed by atoms with Gasteiger partial charge in [0, 0.05) is 6.54 Å². The summed E-state index contributed by atoms with van der Waals surface area (Å²) in [6.45, 7) is 3.17. The van der Waals surface area contributed by atoms with Crippen LogP contribution in [0.15, 0.2) is 23.1 Å². The molecule has 0 aliphatic carbocycles. The maximum absolute atomic E-state index is 12.8. The van der Waals surface area contributed by atoms with Gasteiger partial charge in [0.1, 0.15) is 5.82 Å². The standard InChI is InChI=1S/C11H13FN2O2S/c1-8(6-13)7-14-17(15,16)11-4-3-10(12)5-9(11)2/h3-5,8,14H,7H2,1-2H3. The number of nitriles is 1. The number of rotatable bonds is 4. The van der Waals surface area contributed by atoms with Crippen molar-refractivity contribution in [3.63, 3.8) is 0 Å². The average molecular weight is 256 g/mol. The average Bonchev–Trinajstić information content (AvgIpc) is 2.25. The Bertz CT molecular complexity index is 549. The summed E-state index contributed by atoms with van der Waals surface area (Å²) in [6, 6.07) is 5.39. The Hall–Kier alpha value is -1.45. The molecule has 17 heavy (non-hydrogen) atoms. The van der Waals surface area contributed by atoms with Crippen molar-refractivity contribution in [2.75, 3.05) is 6.54 Å². The van der Waals surface area contributed by atoms with Gasteiger partial charge in [-0.15, -0.1) is 0 Å². The van der Waals surface area contributed by atoms with E-state index in [9.17, 15) is 12.8 Å². The minimum atomic E-state index is -3.68. The molecule has 1 atom stereocenters. The first-order valence-electron chi connectivity index (χ1n) is 5.02. The third-order valence-electron chi connectivity index (χ3n) is 2.23. The highest BCUT2D eigenvalue weighted by Gasteiger charge is 2.17. The molecule has 0 spiro atoms. The normalized spacial score (nSPS) is 13.1. The lowest BCUT2D eigenvalue weighted by molar-refractivity contribution is 0.571. The molecule has 0 heterocycles. The van der Waals surface area contributed by atoms with Crippen LogP contribution >= 0.6 is 0 Å². The highest BCUT2D eigenvalue weighted by Crippen LogP contribution is 2.15. The van der Waals surface area contributed by atoms with Gasteiger partial charge in [-0.3, -0.25) is 0 Å². The van der Waals surface area contributed by atoms with Crippen molar-refractivity contribution in [2.45, 2.75) is 18.7 Å². The number of hydrogen-bond acceptors (Lipinski definition) is 3. The Balaban J connectivity index is 2.95. The van der Waals surface area contributed by atoms with Crippen molar-refractivity contribution in [3.05, 3.63) is 29.6 Å². The number of sulfonamides is 1. The second-order valence-corrected chi connectivity index (χ2v) is 5.53. The minimum Gasteiger partial charge on any atom is -0.210 e. The van der Waals surface area contributed by atoms with E-state index in [1.807, 2.05) is 6.07 Å². The van der Waals surface area contributed by atoms with Gasteiger partial charge < -0.3 is 0 Å². The van der Waals surface area contributed by atoms with E-state index >= 15 is 0 Å². The van der Waals surface area contributed by atoms with E-state index in [1.165, 1.54) is 13.0 Å². The molecule has 92 valence electrons. The first-order valence-corrected chi connectivity index (χ1v) is 6.50. The predicted octanol–water partition coefficient (Wildman–Crippen LogP) is 1.57. The van der Waals surface area contributed by atoms with Gasteiger partial charge >= 0.3 is 0 Å². The Labute approximate surface area is 100 Å². The fraction of sp³-hybridized carbons (Fsp3) is 0.364. The molecular weight excluding hydrogens is 243 g/mol. The molecule has 4 nitrogen and oxygen atoms in total. The van der Waals surface area contributed by atoms with Crippen LogP contribution in [-0.4, -0.2) is 15.0 Å². The maximum Gasteiger partial charge on any atom is 0.240 e. The number of halogens is 1. The van der Waals surface area contributed by atoms with Crippen molar-refractivity contribution >= 4 is 10.0 Å². The van der Waals surface area contributed by atoms with E-state index in [4.69, 9.17) is 5.26 Å². The van der Waals surface area contributed by atoms with Gasteiger partial charge in [-0.2, -0.15) is 5.26 Å². The van der Waals surface area contributed by atoms with Crippen molar-refractivity contribution in [1.29, 1.82) is 5.26 Å². The van der Waals surface area contributed by atoms with Crippen molar-refractivity contribution in [3.8, 4) is 6.07 Å². The van der Waals surface area contributed by atoms with E-state index < -0.39 is 21.8 Å². The molecular formula is C11H13FN2O2S. The van der Waals surface area contributed by atoms with Crippen LogP contribution in [0.4, 0.5) is 4.39 Å². The molecule has 1 rings (SSSR count). The number of benzene rings is 1. The molecule has 0 amide bonds. The Morgan fingerprint density at radius 2 is 2.18 bits per heavy atom. The fourth-order valence-electron chi connectivity index (χ4n) is 1.27. The number of nitrogens with one attached hydrogen (secondary N) is 1. The summed E-state index contributed by atoms with van der Waals surface area (Å²) < 4.78 is 38.8. The van der Waals surface area contributed by atoms with Gasteiger partial charge in [0.15, 0.2) is 0 Å². The van der Waals surface area contributed by atoms with E-state index in [2.05, 4.69) is 4.72 Å². The summed E-state index contributed by atoms with van der Waals surface area (Å²) in [5.74, 6) is -0.891. The van der Waals surface area contributed by atoms with Gasteiger partial charge in [-0.05, 0) is 37.6 Å². The first-order chi connectivity index (χ1) is 7.86. The predicted molar refractivity (Wildman–Crippen MR) is 61.1 cm³/mol. The van der Waals surface area contributed by atoms with Gasteiger partial charge in [-0.1, -0.05) is 0 Å². The molecule has 0 aliphatic rings. The fourth-order valence-corrected chi connectivity index (χ4v) is 2.63. The highest BCUT2D eigenvalue weighted by atomic mass is 32.2. The largest absolute Gasteiger partial charge is 0.240 e. The molecule has 0 radical (unpaired) electrons. The quantitative estimate of drug-likeness (QED) is 0.889. The number of nitrogens with zero attached hydrogens (tertiary/aromatic N) is 1. The smallest absolute Gasteiger partial charge is 0.210 e. The SMILES string of the molecule is Cc1cc(F)ccc1S(=O)(=O)NCC(C)C#N. The zero-order chi connectivity index (χ0) is 13.1. The van der Waals surface area contributed by atoms with Crippen LogP contribution in [0.25, 0.3) is 0 Å². The molecule has 1 unspecified atom stereocenters. The van der Waals surface area contributed by atoms with E-state index in [0.29, 0.717) is 5.56 Å². The summed E-state index contributed by atoms with van der Waals surface area (Å²) >= 11 is 0. The lowest BCUT2D eigenvalue weighted by Gasteiger charge is -2.09. The Morgan fingerprint density at radius 3 is 2.71 bits per heavy atom. The molecule has 0 aliphatic heterocycles. The zero-order valence-electron chi connectivity index (χ0n) is 9.57. The van der Waals surface area contributed by atoms with Crippen LogP contribution in [0.1, 0.15) is 12.5 Å². The topological polar surface area (TPSA) is 70.0 Å². The van der Waals surface area contributed by atoms with Crippen LogP contribution < -0.4 is 4.72 Å². The first kappa shape index (κ1) is 13.6. The van der Waals surface area contributed by atoms with Crippen LogP contribution in [0, 0.1) is 30.0 Å². The summed E-state index contributed by atoms with van der Waals surface area (Å²) in [4.78, 5) is 0.0315. The molecule has 0 aromatic heterocycles. The Morgan fingerprint density at radius 1 is 1.53 bits per heavy atom. The summed E-state index contributed by atoms with van der Waals surface area (Å²) in [6.07, 6.45) is 0. The maximum atomic E-state index is 12.8. The molecule has 0 bridgehead atoms. The lowest BCUT2D eigenvalue weighted by Crippen LogP contribution is -2.28. The zero-order valence-corrected chi connectivity index (χ0v) is 10.4. The van der Waals surface area contributed by atoms with Crippen molar-refractivity contribution < 1.29 is 12.8 Å². The highest BCUT2D eigenvalue weighted by molar-refractivity contribution is 7.89. The van der Waals surface area contributed by atoms with Crippen molar-refractivity contribution in [2.24, 2.45) is 5.92 Å². The molecule has 1 aromatic rings. The van der Waals surface area contributed by atoms with E-state index in [1.54, 1.807) is 6.92 Å². The van der Waals surface area contributed by atoms with Crippen molar-refractivity contribution in [1.82, 2.24) is 4.72 Å². The van der Waals surface area contributed by atoms with E-state index in [0.717, 1.165) is 12.1 Å². The number of hydrogen-bond donors (Lipinski definition) is 1. The van der Waals surface area contributed by atoms with Gasteiger partial charge in [0.2, 0.25) is 10.0 Å². The van der Waals surface area contributed by atoms with E-state index in [-0.39, 0.29) is 11.4 Å². The van der Waals surface area contributed by atoms with Gasteiger partial charge in [0.25, 0.3) is 0 Å². The van der Waals surface area contributed by atoms with Crippen LogP contribution in [0.2, 0.25) is 0 Å². The molecule has 0 saturated carbocycles. The summed E-state index contributed by atoms with van der Waals surface area (Å²) in [5.41, 5.74) is 0.335. The Kier molecular flexibility index (Phi) is 4.21. The summed E-state index contributed by atoms with van der Waals surface area (Å²) in [5, 5.41) is 8.56. The van der Waals surface area contributed by atoms with Gasteiger partial charge in [-0.25, -0.2) is 17.5 Å². The molecule has 0 fully saturated rings. The third kappa shape index (κ3) is 3.51. The minimum absolute atomic E-state index is 0.0315. The van der Waals surface area contributed by atoms with Crippen LogP contribution in [-0.2, 0) is 10.0 Å². The second kappa shape index (κ2) is 5.25. The lowest BCUT2D eigenvalue weighted by atomic mass is 10.2. The van der Waals surface area contributed by atoms with Gasteiger partial charge in [0.05, 0.1) is 16.9 Å². The molecule has 6 heteroatoms. The van der Waals surface area contributed by atoms with Crippen LogP contribution in [0.3, 0.4) is 0 Å². The van der Waals surface area contributed by atoms with Crippen LogP contribution in [0.5, 0.6) is 0 Å². The number of aryl methyl sites for hydroxylation is 1. The molecule has 1 aromatic carbocycles. The molecule has 0 saturated heterocycles.